The van der Waals surface area contributed by atoms with Crippen molar-refractivity contribution in [2.45, 2.75) is 65.9 Å². The van der Waals surface area contributed by atoms with Gasteiger partial charge in [-0.15, -0.1) is 0 Å². The van der Waals surface area contributed by atoms with Gasteiger partial charge in [-0.3, -0.25) is 4.99 Å². The number of halogens is 3. The smallest absolute Gasteiger partial charge is 0.342 e. The maximum atomic E-state index is 14.3. The molecular weight excluding hydrogens is 535 g/mol. The molecule has 3 aromatic rings. The summed E-state index contributed by atoms with van der Waals surface area (Å²) in [5.41, 5.74) is 6.52. The third-order valence-electron chi connectivity index (χ3n) is 6.35. The molecule has 0 amide bonds. The van der Waals surface area contributed by atoms with E-state index >= 15 is 0 Å². The topological polar surface area (TPSA) is 120 Å². The Labute approximate surface area is 236 Å². The number of rotatable bonds is 9. The molecule has 1 aromatic carbocycles. The number of aryl methyl sites for hydroxylation is 1. The SMILES string of the molecule is CCC(C(=NCC1CC1)Nc1cc(-n2nc(C)c(C(=O)OC(C)(C)C)c2C(F)F)ncn1)=C(N)c1ccc(F)cc1. The van der Waals surface area contributed by atoms with E-state index in [4.69, 9.17) is 15.5 Å². The summed E-state index contributed by atoms with van der Waals surface area (Å²) < 4.78 is 48.4. The van der Waals surface area contributed by atoms with E-state index in [-0.39, 0.29) is 28.7 Å². The number of anilines is 1. The van der Waals surface area contributed by atoms with E-state index in [9.17, 15) is 18.0 Å². The highest BCUT2D eigenvalue weighted by Gasteiger charge is 2.32. The molecule has 41 heavy (non-hydrogen) atoms. The summed E-state index contributed by atoms with van der Waals surface area (Å²) in [6, 6.07) is 7.29. The fraction of sp³-hybridized carbons (Fsp3) is 0.414. The van der Waals surface area contributed by atoms with Crippen LogP contribution in [0.2, 0.25) is 0 Å². The molecule has 1 saturated carbocycles. The lowest BCUT2D eigenvalue weighted by molar-refractivity contribution is 0.00607. The number of hydrogen-bond acceptors (Lipinski definition) is 7. The maximum absolute atomic E-state index is 14.3. The number of aromatic nitrogens is 4. The third kappa shape index (κ3) is 7.30. The average Bonchev–Trinajstić information content (AvgIpc) is 3.66. The van der Waals surface area contributed by atoms with Gasteiger partial charge in [-0.25, -0.2) is 32.6 Å². The number of nitrogens with zero attached hydrogens (tertiary/aromatic N) is 5. The third-order valence-corrected chi connectivity index (χ3v) is 6.35. The summed E-state index contributed by atoms with van der Waals surface area (Å²) in [6.45, 7) is 8.91. The van der Waals surface area contributed by atoms with Crippen LogP contribution in [-0.2, 0) is 4.74 Å². The Hall–Kier alpha value is -4.22. The predicted molar refractivity (Wildman–Crippen MR) is 150 cm³/mol. The van der Waals surface area contributed by atoms with Crippen LogP contribution in [0.3, 0.4) is 0 Å². The second kappa shape index (κ2) is 12.1. The lowest BCUT2D eigenvalue weighted by Gasteiger charge is -2.19. The van der Waals surface area contributed by atoms with Crippen LogP contribution >= 0.6 is 0 Å². The number of carbonyl (C=O) groups excluding carboxylic acids is 1. The average molecular weight is 570 g/mol. The molecule has 3 N–H and O–H groups in total. The minimum atomic E-state index is -3.04. The van der Waals surface area contributed by atoms with Crippen molar-refractivity contribution in [3.05, 3.63) is 70.6 Å². The zero-order valence-electron chi connectivity index (χ0n) is 23.7. The highest BCUT2D eigenvalue weighted by atomic mass is 19.3. The van der Waals surface area contributed by atoms with Crippen LogP contribution in [0, 0.1) is 18.7 Å². The first kappa shape index (κ1) is 29.8. The lowest BCUT2D eigenvalue weighted by Crippen LogP contribution is -2.25. The molecule has 0 atom stereocenters. The number of aliphatic imine (C=N–C) groups is 1. The molecule has 0 bridgehead atoms. The van der Waals surface area contributed by atoms with E-state index in [1.807, 2.05) is 6.92 Å². The number of nitrogens with one attached hydrogen (secondary N) is 1. The van der Waals surface area contributed by atoms with E-state index in [0.29, 0.717) is 41.6 Å². The normalized spacial score (nSPS) is 14.7. The molecule has 9 nitrogen and oxygen atoms in total. The number of ether oxygens (including phenoxy) is 1. The Morgan fingerprint density at radius 1 is 1.22 bits per heavy atom. The number of esters is 1. The van der Waals surface area contributed by atoms with Gasteiger partial charge in [0.05, 0.1) is 5.69 Å². The minimum absolute atomic E-state index is 0.0192. The van der Waals surface area contributed by atoms with Gasteiger partial charge in [0.15, 0.2) is 5.82 Å². The van der Waals surface area contributed by atoms with Crippen molar-refractivity contribution in [2.75, 3.05) is 11.9 Å². The predicted octanol–water partition coefficient (Wildman–Crippen LogP) is 6.00. The van der Waals surface area contributed by atoms with E-state index < -0.39 is 23.7 Å². The van der Waals surface area contributed by atoms with E-state index in [0.717, 1.165) is 17.5 Å². The van der Waals surface area contributed by atoms with Gasteiger partial charge in [-0.1, -0.05) is 6.92 Å². The molecule has 1 aliphatic carbocycles. The Morgan fingerprint density at radius 2 is 1.90 bits per heavy atom. The number of amidine groups is 1. The molecule has 0 aliphatic heterocycles. The monoisotopic (exact) mass is 569 g/mol. The largest absolute Gasteiger partial charge is 0.456 e. The van der Waals surface area contributed by atoms with Crippen LogP contribution in [0.1, 0.15) is 80.7 Å². The van der Waals surface area contributed by atoms with Gasteiger partial charge < -0.3 is 15.8 Å². The standard InChI is InChI=1S/C29H34F3N7O2/c1-6-20(24(33)18-9-11-19(30)12-10-18)27(34-14-17-7-8-17)37-21-13-22(36-15-35-21)39-25(26(31)32)23(16(2)38-39)28(40)41-29(3,4)5/h9-13,15,17,26H,6-8,14,33H2,1-5H3,(H,34,35,36,37). The van der Waals surface area contributed by atoms with Crippen molar-refractivity contribution in [3.8, 4) is 5.82 Å². The molecule has 4 rings (SSSR count). The summed E-state index contributed by atoms with van der Waals surface area (Å²) in [6.07, 6.45) is 0.842. The van der Waals surface area contributed by atoms with Crippen molar-refractivity contribution in [2.24, 2.45) is 16.6 Å². The summed E-state index contributed by atoms with van der Waals surface area (Å²) in [5, 5.41) is 7.37. The molecular formula is C29H34F3N7O2. The Morgan fingerprint density at radius 3 is 2.49 bits per heavy atom. The first-order chi connectivity index (χ1) is 19.4. The highest BCUT2D eigenvalue weighted by Crippen LogP contribution is 2.31. The van der Waals surface area contributed by atoms with Gasteiger partial charge in [0, 0.05) is 23.9 Å². The summed E-state index contributed by atoms with van der Waals surface area (Å²) in [5.74, 6) is -0.0515. The molecule has 0 saturated heterocycles. The molecule has 0 unspecified atom stereocenters. The van der Waals surface area contributed by atoms with Gasteiger partial charge in [0.25, 0.3) is 6.43 Å². The van der Waals surface area contributed by atoms with Crippen LogP contribution < -0.4 is 11.1 Å². The van der Waals surface area contributed by atoms with Crippen molar-refractivity contribution in [3.63, 3.8) is 0 Å². The van der Waals surface area contributed by atoms with Gasteiger partial charge in [0.1, 0.15) is 40.7 Å². The van der Waals surface area contributed by atoms with Crippen molar-refractivity contribution in [1.82, 2.24) is 19.7 Å². The Bertz CT molecular complexity index is 1470. The van der Waals surface area contributed by atoms with Crippen LogP contribution in [0.15, 0.2) is 47.2 Å². The lowest BCUT2D eigenvalue weighted by atomic mass is 10.0. The molecule has 1 fully saturated rings. The second-order valence-electron chi connectivity index (χ2n) is 10.8. The first-order valence-electron chi connectivity index (χ1n) is 13.4. The zero-order chi connectivity index (χ0) is 29.9. The number of nitrogens with two attached hydrogens (primary N) is 1. The fourth-order valence-electron chi connectivity index (χ4n) is 4.18. The Kier molecular flexibility index (Phi) is 8.79. The van der Waals surface area contributed by atoms with Crippen LogP contribution in [0.25, 0.3) is 11.5 Å². The van der Waals surface area contributed by atoms with Gasteiger partial charge >= 0.3 is 5.97 Å². The molecule has 218 valence electrons. The van der Waals surface area contributed by atoms with Gasteiger partial charge in [-0.05, 0) is 82.7 Å². The zero-order valence-corrected chi connectivity index (χ0v) is 23.7. The van der Waals surface area contributed by atoms with E-state index in [2.05, 4.69) is 20.4 Å². The second-order valence-corrected chi connectivity index (χ2v) is 10.8. The number of alkyl halides is 2. The van der Waals surface area contributed by atoms with Crippen molar-refractivity contribution >= 4 is 23.3 Å². The van der Waals surface area contributed by atoms with E-state index in [1.54, 1.807) is 32.9 Å². The molecule has 2 aromatic heterocycles. The Balaban J connectivity index is 1.73. The van der Waals surface area contributed by atoms with Crippen molar-refractivity contribution < 1.29 is 22.7 Å². The summed E-state index contributed by atoms with van der Waals surface area (Å²) in [7, 11) is 0. The van der Waals surface area contributed by atoms with Crippen LogP contribution in [0.4, 0.5) is 19.0 Å². The maximum Gasteiger partial charge on any atom is 0.342 e. The molecule has 0 spiro atoms. The summed E-state index contributed by atoms with van der Waals surface area (Å²) in [4.78, 5) is 26.0. The first-order valence-corrected chi connectivity index (χ1v) is 13.4. The quantitative estimate of drug-likeness (QED) is 0.184. The van der Waals surface area contributed by atoms with Crippen LogP contribution in [-0.4, -0.2) is 43.7 Å². The molecule has 0 radical (unpaired) electrons. The van der Waals surface area contributed by atoms with Crippen molar-refractivity contribution in [1.29, 1.82) is 0 Å². The number of hydrogen-bond donors (Lipinski definition) is 2. The molecule has 12 heteroatoms. The van der Waals surface area contributed by atoms with Gasteiger partial charge in [0.2, 0.25) is 0 Å². The fourth-order valence-corrected chi connectivity index (χ4v) is 4.18. The highest BCUT2D eigenvalue weighted by molar-refractivity contribution is 6.11. The molecule has 1 aliphatic rings. The summed E-state index contributed by atoms with van der Waals surface area (Å²) >= 11 is 0. The van der Waals surface area contributed by atoms with Gasteiger partial charge in [-0.2, -0.15) is 5.10 Å². The molecule has 2 heterocycles. The van der Waals surface area contributed by atoms with Crippen LogP contribution in [0.5, 0.6) is 0 Å². The minimum Gasteiger partial charge on any atom is -0.456 e. The number of benzene rings is 1. The number of carbonyl (C=O) groups is 1. The van der Waals surface area contributed by atoms with E-state index in [1.165, 1.54) is 31.5 Å².